The number of ether oxygens (including phenoxy) is 1. The Morgan fingerprint density at radius 1 is 1.09 bits per heavy atom. The Hall–Kier alpha value is -3.02. The van der Waals surface area contributed by atoms with Crippen LogP contribution < -0.4 is 10.1 Å². The summed E-state index contributed by atoms with van der Waals surface area (Å²) in [4.78, 5) is 23.5. The fraction of sp³-hybridized carbons (Fsp3) is 0.176. The van der Waals surface area contributed by atoms with Gasteiger partial charge in [0.05, 0.1) is 13.2 Å². The van der Waals surface area contributed by atoms with Crippen molar-refractivity contribution in [2.45, 2.75) is 12.5 Å². The van der Waals surface area contributed by atoms with E-state index in [9.17, 15) is 14.7 Å². The van der Waals surface area contributed by atoms with Gasteiger partial charge in [-0.2, -0.15) is 0 Å². The zero-order chi connectivity index (χ0) is 16.8. The molecule has 120 valence electrons. The van der Waals surface area contributed by atoms with Gasteiger partial charge in [-0.1, -0.05) is 12.1 Å². The van der Waals surface area contributed by atoms with Crippen molar-refractivity contribution in [3.63, 3.8) is 0 Å². The molecule has 23 heavy (non-hydrogen) atoms. The van der Waals surface area contributed by atoms with Crippen LogP contribution in [-0.4, -0.2) is 35.2 Å². The highest BCUT2D eigenvalue weighted by atomic mass is 16.5. The number of nitrogens with one attached hydrogen (secondary N) is 1. The van der Waals surface area contributed by atoms with Crippen molar-refractivity contribution >= 4 is 11.9 Å². The smallest absolute Gasteiger partial charge is 0.405 e. The van der Waals surface area contributed by atoms with Crippen molar-refractivity contribution in [2.24, 2.45) is 0 Å². The number of phenols is 1. The minimum absolute atomic E-state index is 0.0412. The summed E-state index contributed by atoms with van der Waals surface area (Å²) >= 11 is 0. The van der Waals surface area contributed by atoms with Crippen LogP contribution in [0.25, 0.3) is 0 Å². The molecule has 2 aromatic rings. The number of Topliss-reactive ketones (excluding diaryl/α,β-unsaturated/α-hetero) is 1. The van der Waals surface area contributed by atoms with Gasteiger partial charge in [0.15, 0.2) is 5.78 Å². The van der Waals surface area contributed by atoms with E-state index in [1.807, 2.05) is 0 Å². The molecule has 0 fully saturated rings. The van der Waals surface area contributed by atoms with E-state index in [-0.39, 0.29) is 18.0 Å². The number of carboxylic acid groups (broad SMARTS) is 1. The Kier molecular flexibility index (Phi) is 5.19. The second-order valence-corrected chi connectivity index (χ2v) is 4.97. The van der Waals surface area contributed by atoms with Gasteiger partial charge in [0.25, 0.3) is 0 Å². The number of methoxy groups -OCH3 is 1. The van der Waals surface area contributed by atoms with E-state index in [2.05, 4.69) is 5.32 Å². The van der Waals surface area contributed by atoms with Gasteiger partial charge in [-0.25, -0.2) is 4.79 Å². The second-order valence-electron chi connectivity index (χ2n) is 4.97. The first-order chi connectivity index (χ1) is 11.0. The molecule has 6 heteroatoms. The minimum Gasteiger partial charge on any atom is -0.508 e. The lowest BCUT2D eigenvalue weighted by atomic mass is 9.97. The summed E-state index contributed by atoms with van der Waals surface area (Å²) in [7, 11) is 1.55. The van der Waals surface area contributed by atoms with Gasteiger partial charge in [-0.15, -0.1) is 0 Å². The van der Waals surface area contributed by atoms with Gasteiger partial charge >= 0.3 is 6.09 Å². The third-order valence-electron chi connectivity index (χ3n) is 3.36. The molecule has 0 aromatic heterocycles. The molecular weight excluding hydrogens is 298 g/mol. The molecule has 0 aliphatic heterocycles. The van der Waals surface area contributed by atoms with E-state index in [1.165, 1.54) is 24.3 Å². The van der Waals surface area contributed by atoms with Crippen LogP contribution in [-0.2, 0) is 6.42 Å². The summed E-state index contributed by atoms with van der Waals surface area (Å²) in [5.41, 5.74) is 1.13. The molecule has 0 saturated carbocycles. The van der Waals surface area contributed by atoms with E-state index >= 15 is 0 Å². The molecule has 0 heterocycles. The van der Waals surface area contributed by atoms with Gasteiger partial charge in [0.1, 0.15) is 11.5 Å². The molecular formula is C17H17NO5. The summed E-state index contributed by atoms with van der Waals surface area (Å²) in [5.74, 6) is 0.365. The molecule has 0 radical (unpaired) electrons. The quantitative estimate of drug-likeness (QED) is 0.712. The number of hydrogen-bond acceptors (Lipinski definition) is 4. The van der Waals surface area contributed by atoms with Crippen LogP contribution in [0, 0.1) is 0 Å². The summed E-state index contributed by atoms with van der Waals surface area (Å²) < 4.78 is 5.07. The maximum Gasteiger partial charge on any atom is 0.405 e. The predicted molar refractivity (Wildman–Crippen MR) is 84.1 cm³/mol. The van der Waals surface area contributed by atoms with Gasteiger partial charge in [0, 0.05) is 12.0 Å². The van der Waals surface area contributed by atoms with E-state index in [0.29, 0.717) is 11.3 Å². The molecule has 3 N–H and O–H groups in total. The SMILES string of the molecule is COc1ccc(C[C@H](NC(=O)O)C(=O)c2ccc(O)cc2)cc1. The molecule has 0 aliphatic rings. The van der Waals surface area contributed by atoms with Crippen LogP contribution >= 0.6 is 0 Å². The van der Waals surface area contributed by atoms with Gasteiger partial charge in [-0.3, -0.25) is 4.79 Å². The third kappa shape index (κ3) is 4.47. The van der Waals surface area contributed by atoms with Crippen LogP contribution in [0.3, 0.4) is 0 Å². The predicted octanol–water partition coefficient (Wildman–Crippen LogP) is 2.46. The Morgan fingerprint density at radius 3 is 2.22 bits per heavy atom. The van der Waals surface area contributed by atoms with Crippen LogP contribution in [0.2, 0.25) is 0 Å². The largest absolute Gasteiger partial charge is 0.508 e. The van der Waals surface area contributed by atoms with Crippen molar-refractivity contribution in [3.8, 4) is 11.5 Å². The molecule has 0 aliphatic carbocycles. The first kappa shape index (κ1) is 16.4. The monoisotopic (exact) mass is 315 g/mol. The third-order valence-corrected chi connectivity index (χ3v) is 3.36. The Balaban J connectivity index is 2.19. The number of amides is 1. The highest BCUT2D eigenvalue weighted by molar-refractivity contribution is 6.01. The first-order valence-electron chi connectivity index (χ1n) is 6.95. The van der Waals surface area contributed by atoms with E-state index in [0.717, 1.165) is 5.56 Å². The number of carbonyl (C=O) groups excluding carboxylic acids is 1. The lowest BCUT2D eigenvalue weighted by molar-refractivity contribution is 0.0936. The number of hydrogen-bond donors (Lipinski definition) is 3. The molecule has 0 bridgehead atoms. The molecule has 2 rings (SSSR count). The Labute approximate surface area is 133 Å². The Morgan fingerprint density at radius 2 is 1.70 bits per heavy atom. The fourth-order valence-electron chi connectivity index (χ4n) is 2.18. The van der Waals surface area contributed by atoms with Gasteiger partial charge in [0.2, 0.25) is 0 Å². The van der Waals surface area contributed by atoms with Crippen LogP contribution in [0.1, 0.15) is 15.9 Å². The highest BCUT2D eigenvalue weighted by Gasteiger charge is 2.22. The van der Waals surface area contributed by atoms with E-state index in [4.69, 9.17) is 9.84 Å². The number of carbonyl (C=O) groups is 2. The number of benzene rings is 2. The molecule has 0 unspecified atom stereocenters. The maximum atomic E-state index is 12.5. The van der Waals surface area contributed by atoms with Crippen molar-refractivity contribution in [1.29, 1.82) is 0 Å². The van der Waals surface area contributed by atoms with E-state index < -0.39 is 12.1 Å². The normalized spacial score (nSPS) is 11.5. The standard InChI is InChI=1S/C17H17NO5/c1-23-14-8-2-11(3-9-14)10-15(18-17(21)22)16(20)12-4-6-13(19)7-5-12/h2-9,15,18-19H,10H2,1H3,(H,21,22)/t15-/m0/s1. The minimum atomic E-state index is -1.27. The number of rotatable bonds is 6. The number of aromatic hydroxyl groups is 1. The van der Waals surface area contributed by atoms with Gasteiger partial charge in [-0.05, 0) is 42.0 Å². The second kappa shape index (κ2) is 7.31. The Bertz CT molecular complexity index is 679. The van der Waals surface area contributed by atoms with Crippen molar-refractivity contribution in [3.05, 3.63) is 59.7 Å². The topological polar surface area (TPSA) is 95.9 Å². The average molecular weight is 315 g/mol. The number of phenolic OH excluding ortho intramolecular Hbond substituents is 1. The maximum absolute atomic E-state index is 12.5. The van der Waals surface area contributed by atoms with Crippen LogP contribution in [0.15, 0.2) is 48.5 Å². The lowest BCUT2D eigenvalue weighted by Gasteiger charge is -2.16. The molecule has 1 amide bonds. The van der Waals surface area contributed by atoms with Crippen LogP contribution in [0.4, 0.5) is 4.79 Å². The van der Waals surface area contributed by atoms with Crippen LogP contribution in [0.5, 0.6) is 11.5 Å². The highest BCUT2D eigenvalue weighted by Crippen LogP contribution is 2.16. The molecule has 0 spiro atoms. The van der Waals surface area contributed by atoms with Gasteiger partial charge < -0.3 is 20.3 Å². The van der Waals surface area contributed by atoms with Crippen molar-refractivity contribution in [1.82, 2.24) is 5.32 Å². The summed E-state index contributed by atoms with van der Waals surface area (Å²) in [6, 6.07) is 11.8. The van der Waals surface area contributed by atoms with E-state index in [1.54, 1.807) is 31.4 Å². The summed E-state index contributed by atoms with van der Waals surface area (Å²) in [5, 5.41) is 20.5. The van der Waals surface area contributed by atoms with Crippen molar-refractivity contribution in [2.75, 3.05) is 7.11 Å². The lowest BCUT2D eigenvalue weighted by Crippen LogP contribution is -2.41. The van der Waals surface area contributed by atoms with Crippen molar-refractivity contribution < 1.29 is 24.5 Å². The summed E-state index contributed by atoms with van der Waals surface area (Å²) in [6.07, 6.45) is -1.05. The zero-order valence-corrected chi connectivity index (χ0v) is 12.5. The summed E-state index contributed by atoms with van der Waals surface area (Å²) in [6.45, 7) is 0. The molecule has 6 nitrogen and oxygen atoms in total. The first-order valence-corrected chi connectivity index (χ1v) is 6.95. The average Bonchev–Trinajstić information content (AvgIpc) is 2.54. The number of ketones is 1. The fourth-order valence-corrected chi connectivity index (χ4v) is 2.18. The molecule has 1 atom stereocenters. The molecule has 0 saturated heterocycles. The molecule has 2 aromatic carbocycles. The zero-order valence-electron chi connectivity index (χ0n) is 12.5.